The molecule has 2 aliphatic heterocycles. The molecule has 2 fully saturated rings. The van der Waals surface area contributed by atoms with E-state index in [2.05, 4.69) is 15.6 Å². The summed E-state index contributed by atoms with van der Waals surface area (Å²) in [6.45, 7) is 1.69. The largest absolute Gasteiger partial charge is 0.325 e. The van der Waals surface area contributed by atoms with Crippen molar-refractivity contribution in [3.05, 3.63) is 30.1 Å². The summed E-state index contributed by atoms with van der Waals surface area (Å²) in [5.41, 5.74) is 0.115. The molecule has 2 aliphatic rings. The monoisotopic (exact) mass is 260 g/mol. The molecule has 2 N–H and O–H groups in total. The van der Waals surface area contributed by atoms with Crippen molar-refractivity contribution in [3.63, 3.8) is 0 Å². The summed E-state index contributed by atoms with van der Waals surface area (Å²) >= 11 is 0. The highest BCUT2D eigenvalue weighted by molar-refractivity contribution is 6.07. The maximum Gasteiger partial charge on any atom is 0.325 e. The standard InChI is InChI=1S/C13H16N4O2/c18-11-13(4-2-6-15-9-13)16-12(19)17(11)8-10-3-1-5-14-7-10/h1,3,5,7,15H,2,4,6,8-9H2,(H,16,19). The van der Waals surface area contributed by atoms with Crippen molar-refractivity contribution in [1.82, 2.24) is 20.5 Å². The molecule has 1 atom stereocenters. The first kappa shape index (κ1) is 12.1. The van der Waals surface area contributed by atoms with Crippen LogP contribution in [0.25, 0.3) is 0 Å². The maximum absolute atomic E-state index is 12.5. The van der Waals surface area contributed by atoms with Gasteiger partial charge in [0.05, 0.1) is 6.54 Å². The highest BCUT2D eigenvalue weighted by Gasteiger charge is 2.51. The number of imide groups is 1. The molecular weight excluding hydrogens is 244 g/mol. The van der Waals surface area contributed by atoms with Crippen LogP contribution in [0.3, 0.4) is 0 Å². The van der Waals surface area contributed by atoms with E-state index in [9.17, 15) is 9.59 Å². The lowest BCUT2D eigenvalue weighted by molar-refractivity contribution is -0.132. The molecule has 19 heavy (non-hydrogen) atoms. The number of nitrogens with zero attached hydrogens (tertiary/aromatic N) is 2. The number of hydrogen-bond donors (Lipinski definition) is 2. The Balaban J connectivity index is 1.79. The van der Waals surface area contributed by atoms with Gasteiger partial charge in [-0.3, -0.25) is 14.7 Å². The lowest BCUT2D eigenvalue weighted by Gasteiger charge is -2.31. The fourth-order valence-electron chi connectivity index (χ4n) is 2.69. The fraction of sp³-hybridized carbons (Fsp3) is 0.462. The summed E-state index contributed by atoms with van der Waals surface area (Å²) in [6.07, 6.45) is 4.94. The van der Waals surface area contributed by atoms with Crippen molar-refractivity contribution in [2.24, 2.45) is 0 Å². The molecule has 1 aromatic rings. The van der Waals surface area contributed by atoms with E-state index >= 15 is 0 Å². The second-order valence-electron chi connectivity index (χ2n) is 5.05. The number of carbonyl (C=O) groups is 2. The Hall–Kier alpha value is -1.95. The third-order valence-corrected chi connectivity index (χ3v) is 3.69. The van der Waals surface area contributed by atoms with Crippen LogP contribution in [0.15, 0.2) is 24.5 Å². The van der Waals surface area contributed by atoms with Crippen LogP contribution in [0.1, 0.15) is 18.4 Å². The Morgan fingerprint density at radius 1 is 1.42 bits per heavy atom. The molecule has 1 unspecified atom stereocenters. The van der Waals surface area contributed by atoms with E-state index in [-0.39, 0.29) is 18.5 Å². The number of pyridine rings is 1. The van der Waals surface area contributed by atoms with Gasteiger partial charge < -0.3 is 10.6 Å². The smallest absolute Gasteiger partial charge is 0.322 e. The normalized spacial score (nSPS) is 26.8. The molecule has 100 valence electrons. The summed E-state index contributed by atoms with van der Waals surface area (Å²) in [7, 11) is 0. The van der Waals surface area contributed by atoms with Gasteiger partial charge in [0.15, 0.2) is 0 Å². The van der Waals surface area contributed by atoms with Gasteiger partial charge in [-0.05, 0) is 31.0 Å². The Bertz CT molecular complexity index is 497. The number of amides is 3. The van der Waals surface area contributed by atoms with Gasteiger partial charge in [0.2, 0.25) is 0 Å². The molecule has 2 saturated heterocycles. The van der Waals surface area contributed by atoms with Gasteiger partial charge in [0.25, 0.3) is 5.91 Å². The number of rotatable bonds is 2. The number of carbonyl (C=O) groups excluding carboxylic acids is 2. The SMILES string of the molecule is O=C1NC2(CCCNC2)C(=O)N1Cc1cccnc1. The molecule has 3 heterocycles. The Morgan fingerprint density at radius 2 is 2.32 bits per heavy atom. The number of nitrogens with one attached hydrogen (secondary N) is 2. The second-order valence-corrected chi connectivity index (χ2v) is 5.05. The highest BCUT2D eigenvalue weighted by Crippen LogP contribution is 2.26. The molecule has 0 radical (unpaired) electrons. The third-order valence-electron chi connectivity index (χ3n) is 3.69. The Morgan fingerprint density at radius 3 is 3.00 bits per heavy atom. The Kier molecular flexibility index (Phi) is 2.94. The fourth-order valence-corrected chi connectivity index (χ4v) is 2.69. The van der Waals surface area contributed by atoms with Crippen LogP contribution < -0.4 is 10.6 Å². The van der Waals surface area contributed by atoms with E-state index in [1.807, 2.05) is 6.07 Å². The summed E-state index contributed by atoms with van der Waals surface area (Å²) in [4.78, 5) is 29.8. The molecule has 3 amide bonds. The van der Waals surface area contributed by atoms with Crippen molar-refractivity contribution in [2.75, 3.05) is 13.1 Å². The molecule has 6 heteroatoms. The van der Waals surface area contributed by atoms with Gasteiger partial charge in [-0.15, -0.1) is 0 Å². The second kappa shape index (κ2) is 4.62. The van der Waals surface area contributed by atoms with Gasteiger partial charge in [-0.25, -0.2) is 4.79 Å². The van der Waals surface area contributed by atoms with Gasteiger partial charge >= 0.3 is 6.03 Å². The summed E-state index contributed by atoms with van der Waals surface area (Å²) < 4.78 is 0. The molecule has 3 rings (SSSR count). The topological polar surface area (TPSA) is 74.3 Å². The molecule has 0 saturated carbocycles. The zero-order valence-electron chi connectivity index (χ0n) is 10.6. The highest BCUT2D eigenvalue weighted by atomic mass is 16.2. The predicted molar refractivity (Wildman–Crippen MR) is 68.2 cm³/mol. The number of hydrogen-bond acceptors (Lipinski definition) is 4. The average Bonchev–Trinajstić information content (AvgIpc) is 2.66. The van der Waals surface area contributed by atoms with Gasteiger partial charge in [0, 0.05) is 18.9 Å². The van der Waals surface area contributed by atoms with Gasteiger partial charge in [0.1, 0.15) is 5.54 Å². The van der Waals surface area contributed by atoms with E-state index in [0.29, 0.717) is 13.0 Å². The number of urea groups is 1. The van der Waals surface area contributed by atoms with Gasteiger partial charge in [-0.2, -0.15) is 0 Å². The van der Waals surface area contributed by atoms with Crippen LogP contribution in [0.5, 0.6) is 0 Å². The minimum Gasteiger partial charge on any atom is -0.322 e. The number of piperidine rings is 1. The summed E-state index contributed by atoms with van der Waals surface area (Å²) in [6, 6.07) is 3.35. The first-order chi connectivity index (χ1) is 9.21. The van der Waals surface area contributed by atoms with Gasteiger partial charge in [-0.1, -0.05) is 6.07 Å². The number of aromatic nitrogens is 1. The minimum absolute atomic E-state index is 0.131. The first-order valence-corrected chi connectivity index (χ1v) is 6.45. The quantitative estimate of drug-likeness (QED) is 0.748. The van der Waals surface area contributed by atoms with Crippen molar-refractivity contribution in [1.29, 1.82) is 0 Å². The van der Waals surface area contributed by atoms with E-state index in [1.165, 1.54) is 4.90 Å². The lowest BCUT2D eigenvalue weighted by atomic mass is 9.90. The zero-order valence-corrected chi connectivity index (χ0v) is 10.6. The van der Waals surface area contributed by atoms with Crippen molar-refractivity contribution < 1.29 is 9.59 Å². The molecule has 0 aromatic carbocycles. The van der Waals surface area contributed by atoms with E-state index in [1.54, 1.807) is 18.5 Å². The zero-order chi connectivity index (χ0) is 13.3. The lowest BCUT2D eigenvalue weighted by Crippen LogP contribution is -2.57. The van der Waals surface area contributed by atoms with Crippen LogP contribution in [-0.2, 0) is 11.3 Å². The van der Waals surface area contributed by atoms with Crippen molar-refractivity contribution in [2.45, 2.75) is 24.9 Å². The van der Waals surface area contributed by atoms with Crippen LogP contribution in [0.4, 0.5) is 4.79 Å². The maximum atomic E-state index is 12.5. The molecule has 1 aromatic heterocycles. The van der Waals surface area contributed by atoms with E-state index in [4.69, 9.17) is 0 Å². The molecule has 6 nitrogen and oxygen atoms in total. The van der Waals surface area contributed by atoms with Crippen molar-refractivity contribution >= 4 is 11.9 Å². The molecular formula is C13H16N4O2. The predicted octanol–water partition coefficient (Wildman–Crippen LogP) is 0.256. The molecule has 0 bridgehead atoms. The third kappa shape index (κ3) is 2.08. The van der Waals surface area contributed by atoms with E-state index < -0.39 is 5.54 Å². The van der Waals surface area contributed by atoms with E-state index in [0.717, 1.165) is 18.5 Å². The summed E-state index contributed by atoms with van der Waals surface area (Å²) in [5.74, 6) is -0.131. The minimum atomic E-state index is -0.739. The van der Waals surface area contributed by atoms with Crippen LogP contribution >= 0.6 is 0 Å². The summed E-state index contributed by atoms with van der Waals surface area (Å²) in [5, 5.41) is 6.02. The average molecular weight is 260 g/mol. The molecule has 1 spiro atoms. The van der Waals surface area contributed by atoms with Crippen LogP contribution in [0.2, 0.25) is 0 Å². The first-order valence-electron chi connectivity index (χ1n) is 6.45. The van der Waals surface area contributed by atoms with Crippen molar-refractivity contribution in [3.8, 4) is 0 Å². The van der Waals surface area contributed by atoms with Crippen LogP contribution in [-0.4, -0.2) is 40.5 Å². The van der Waals surface area contributed by atoms with Crippen LogP contribution in [0, 0.1) is 0 Å². The molecule has 0 aliphatic carbocycles. The Labute approximate surface area is 111 Å².